The van der Waals surface area contributed by atoms with Gasteiger partial charge in [0, 0.05) is 6.04 Å². The minimum atomic E-state index is 0.423. The normalized spacial score (nSPS) is 46.5. The first kappa shape index (κ1) is 21.0. The van der Waals surface area contributed by atoms with Crippen molar-refractivity contribution in [2.45, 2.75) is 111 Å². The van der Waals surface area contributed by atoms with Crippen LogP contribution in [0.1, 0.15) is 105 Å². The molecule has 0 aromatic heterocycles. The maximum atomic E-state index is 6.34. The zero-order valence-electron chi connectivity index (χ0n) is 19.5. The van der Waals surface area contributed by atoms with E-state index >= 15 is 0 Å². The fraction of sp³-hybridized carbons (Fsp3) is 0.926. The van der Waals surface area contributed by atoms with Crippen LogP contribution in [0.3, 0.4) is 0 Å². The van der Waals surface area contributed by atoms with Crippen LogP contribution in [0.25, 0.3) is 0 Å². The molecule has 0 bridgehead atoms. The molecule has 1 nitrogen and oxygen atoms in total. The maximum absolute atomic E-state index is 6.34. The van der Waals surface area contributed by atoms with Crippen LogP contribution in [0.15, 0.2) is 11.6 Å². The molecule has 3 fully saturated rings. The van der Waals surface area contributed by atoms with Crippen molar-refractivity contribution in [3.8, 4) is 0 Å². The monoisotopic (exact) mass is 385 g/mol. The number of allylic oxidation sites excluding steroid dienone is 1. The maximum Gasteiger partial charge on any atom is 0.00766 e. The molecule has 2 N–H and O–H groups in total. The third-order valence-electron chi connectivity index (χ3n) is 10.3. The molecule has 4 aliphatic carbocycles. The van der Waals surface area contributed by atoms with Gasteiger partial charge in [-0.15, -0.1) is 0 Å². The van der Waals surface area contributed by atoms with Crippen LogP contribution < -0.4 is 5.73 Å². The van der Waals surface area contributed by atoms with Gasteiger partial charge in [0.15, 0.2) is 0 Å². The molecular weight excluding hydrogens is 338 g/mol. The van der Waals surface area contributed by atoms with E-state index < -0.39 is 0 Å². The van der Waals surface area contributed by atoms with Gasteiger partial charge in [0.2, 0.25) is 0 Å². The SMILES string of the molecule is CC(C)CCC[C@@H](C)C1CCC2C3CC=C4C[C@H](N)CCC4(C)C3CCC21C. The average molecular weight is 386 g/mol. The number of hydrogen-bond donors (Lipinski definition) is 1. The van der Waals surface area contributed by atoms with Gasteiger partial charge in [-0.05, 0) is 97.7 Å². The minimum absolute atomic E-state index is 0.423. The Morgan fingerprint density at radius 3 is 2.54 bits per heavy atom. The predicted octanol–water partition coefficient (Wildman–Crippen LogP) is 7.36. The van der Waals surface area contributed by atoms with Crippen LogP contribution in [0.2, 0.25) is 0 Å². The second kappa shape index (κ2) is 7.75. The summed E-state index contributed by atoms with van der Waals surface area (Å²) in [5.41, 5.74) is 9.18. The smallest absolute Gasteiger partial charge is 0.00766 e. The average Bonchev–Trinajstić information content (AvgIpc) is 2.99. The molecule has 6 unspecified atom stereocenters. The summed E-state index contributed by atoms with van der Waals surface area (Å²) in [5, 5.41) is 0. The van der Waals surface area contributed by atoms with Crippen molar-refractivity contribution in [3.63, 3.8) is 0 Å². The Hall–Kier alpha value is -0.300. The highest BCUT2D eigenvalue weighted by molar-refractivity contribution is 5.25. The fourth-order valence-corrected chi connectivity index (χ4v) is 8.71. The van der Waals surface area contributed by atoms with Crippen LogP contribution in [0, 0.1) is 46.3 Å². The Labute approximate surface area is 175 Å². The van der Waals surface area contributed by atoms with E-state index in [1.807, 2.05) is 0 Å². The van der Waals surface area contributed by atoms with E-state index in [0.29, 0.717) is 16.9 Å². The van der Waals surface area contributed by atoms with E-state index in [1.165, 1.54) is 70.6 Å². The molecule has 4 aliphatic rings. The lowest BCUT2D eigenvalue weighted by Crippen LogP contribution is -2.51. The largest absolute Gasteiger partial charge is 0.327 e. The van der Waals surface area contributed by atoms with Crippen molar-refractivity contribution in [2.24, 2.45) is 52.1 Å². The molecule has 160 valence electrons. The highest BCUT2D eigenvalue weighted by Gasteiger charge is 2.58. The highest BCUT2D eigenvalue weighted by Crippen LogP contribution is 2.67. The molecule has 8 atom stereocenters. The topological polar surface area (TPSA) is 26.0 Å². The van der Waals surface area contributed by atoms with Crippen molar-refractivity contribution >= 4 is 0 Å². The zero-order valence-corrected chi connectivity index (χ0v) is 19.5. The Bertz CT molecular complexity index is 591. The summed E-state index contributed by atoms with van der Waals surface area (Å²) in [4.78, 5) is 0. The van der Waals surface area contributed by atoms with E-state index in [9.17, 15) is 0 Å². The lowest BCUT2D eigenvalue weighted by Gasteiger charge is -2.58. The quantitative estimate of drug-likeness (QED) is 0.492. The van der Waals surface area contributed by atoms with Crippen molar-refractivity contribution in [1.82, 2.24) is 0 Å². The van der Waals surface area contributed by atoms with Gasteiger partial charge in [-0.1, -0.05) is 65.5 Å². The second-order valence-corrected chi connectivity index (χ2v) is 12.3. The van der Waals surface area contributed by atoms with E-state index in [-0.39, 0.29) is 0 Å². The van der Waals surface area contributed by atoms with Crippen LogP contribution >= 0.6 is 0 Å². The van der Waals surface area contributed by atoms with Crippen molar-refractivity contribution in [3.05, 3.63) is 11.6 Å². The molecule has 0 saturated heterocycles. The molecule has 3 saturated carbocycles. The molecule has 0 spiro atoms. The summed E-state index contributed by atoms with van der Waals surface area (Å²) in [5.74, 6) is 5.63. The molecule has 0 aliphatic heterocycles. The first-order valence-electron chi connectivity index (χ1n) is 12.7. The Morgan fingerprint density at radius 2 is 1.79 bits per heavy atom. The third-order valence-corrected chi connectivity index (χ3v) is 10.3. The summed E-state index contributed by atoms with van der Waals surface area (Å²) in [6, 6.07) is 0.423. The van der Waals surface area contributed by atoms with Gasteiger partial charge >= 0.3 is 0 Å². The van der Waals surface area contributed by atoms with Crippen LogP contribution in [-0.2, 0) is 0 Å². The first-order chi connectivity index (χ1) is 13.3. The molecule has 4 rings (SSSR count). The number of rotatable bonds is 5. The van der Waals surface area contributed by atoms with Gasteiger partial charge in [0.1, 0.15) is 0 Å². The van der Waals surface area contributed by atoms with E-state index in [0.717, 1.165) is 35.5 Å². The summed E-state index contributed by atoms with van der Waals surface area (Å²) in [6.45, 7) is 12.7. The Kier molecular flexibility index (Phi) is 5.80. The van der Waals surface area contributed by atoms with E-state index in [2.05, 4.69) is 40.7 Å². The predicted molar refractivity (Wildman–Crippen MR) is 121 cm³/mol. The van der Waals surface area contributed by atoms with E-state index in [4.69, 9.17) is 5.73 Å². The molecule has 0 heterocycles. The molecule has 0 aromatic carbocycles. The Morgan fingerprint density at radius 1 is 1.00 bits per heavy atom. The van der Waals surface area contributed by atoms with Gasteiger partial charge < -0.3 is 5.73 Å². The third kappa shape index (κ3) is 3.42. The van der Waals surface area contributed by atoms with Gasteiger partial charge in [0.05, 0.1) is 0 Å². The van der Waals surface area contributed by atoms with Crippen LogP contribution in [0.5, 0.6) is 0 Å². The number of hydrogen-bond acceptors (Lipinski definition) is 1. The number of nitrogens with two attached hydrogens (primary N) is 1. The summed E-state index contributed by atoms with van der Waals surface area (Å²) in [7, 11) is 0. The molecule has 0 amide bonds. The molecular formula is C27H47N. The minimum Gasteiger partial charge on any atom is -0.327 e. The standard InChI is InChI=1S/C27H47N/c1-18(2)7-6-8-19(3)23-11-12-24-22-10-9-20-17-21(28)13-15-26(20,4)25(22)14-16-27(23,24)5/h9,18-19,21-25H,6-8,10-17,28H2,1-5H3/t19-,21-,22?,23?,24?,25?,26?,27?/m1/s1. The highest BCUT2D eigenvalue weighted by atomic mass is 14.7. The van der Waals surface area contributed by atoms with Crippen molar-refractivity contribution in [1.29, 1.82) is 0 Å². The molecule has 0 radical (unpaired) electrons. The Balaban J connectivity index is 1.49. The van der Waals surface area contributed by atoms with Crippen molar-refractivity contribution < 1.29 is 0 Å². The van der Waals surface area contributed by atoms with Crippen LogP contribution in [0.4, 0.5) is 0 Å². The van der Waals surface area contributed by atoms with Gasteiger partial charge in [-0.3, -0.25) is 0 Å². The molecule has 28 heavy (non-hydrogen) atoms. The molecule has 0 aromatic rings. The summed E-state index contributed by atoms with van der Waals surface area (Å²) < 4.78 is 0. The molecule has 1 heteroatoms. The summed E-state index contributed by atoms with van der Waals surface area (Å²) in [6.07, 6.45) is 18.1. The lowest BCUT2D eigenvalue weighted by atomic mass is 9.47. The second-order valence-electron chi connectivity index (χ2n) is 12.3. The van der Waals surface area contributed by atoms with Crippen LogP contribution in [-0.4, -0.2) is 6.04 Å². The number of fused-ring (bicyclic) bond motifs is 5. The van der Waals surface area contributed by atoms with Gasteiger partial charge in [-0.25, -0.2) is 0 Å². The zero-order chi connectivity index (χ0) is 20.1. The lowest BCUT2D eigenvalue weighted by molar-refractivity contribution is -0.0508. The summed E-state index contributed by atoms with van der Waals surface area (Å²) >= 11 is 0. The van der Waals surface area contributed by atoms with Crippen molar-refractivity contribution in [2.75, 3.05) is 0 Å². The van der Waals surface area contributed by atoms with Gasteiger partial charge in [-0.2, -0.15) is 0 Å². The van der Waals surface area contributed by atoms with E-state index in [1.54, 1.807) is 5.57 Å². The fourth-order valence-electron chi connectivity index (χ4n) is 8.71. The first-order valence-corrected chi connectivity index (χ1v) is 12.7. The van der Waals surface area contributed by atoms with Gasteiger partial charge in [0.25, 0.3) is 0 Å².